The van der Waals surface area contributed by atoms with Crippen molar-refractivity contribution in [1.29, 1.82) is 0 Å². The summed E-state index contributed by atoms with van der Waals surface area (Å²) in [6.07, 6.45) is 0.0590. The predicted octanol–water partition coefficient (Wildman–Crippen LogP) is 2.13. The standard InChI is InChI=1S/C13H16O2/c1-10(13(15)9-11(2)14)8-12-6-4-3-5-7-12/h3-7,13,15H,1,8-9H2,2H3. The van der Waals surface area contributed by atoms with E-state index in [2.05, 4.69) is 6.58 Å². The molecule has 0 saturated carbocycles. The minimum Gasteiger partial charge on any atom is -0.388 e. The van der Waals surface area contributed by atoms with Gasteiger partial charge < -0.3 is 5.11 Å². The summed E-state index contributed by atoms with van der Waals surface area (Å²) >= 11 is 0. The van der Waals surface area contributed by atoms with Crippen molar-refractivity contribution in [3.8, 4) is 0 Å². The van der Waals surface area contributed by atoms with Gasteiger partial charge in [0.25, 0.3) is 0 Å². The number of rotatable bonds is 5. The molecule has 0 aliphatic rings. The molecule has 0 aromatic heterocycles. The van der Waals surface area contributed by atoms with Gasteiger partial charge in [0.2, 0.25) is 0 Å². The first-order chi connectivity index (χ1) is 7.09. The molecule has 0 saturated heterocycles. The van der Waals surface area contributed by atoms with Crippen LogP contribution in [0.5, 0.6) is 0 Å². The first-order valence-corrected chi connectivity index (χ1v) is 4.98. The lowest BCUT2D eigenvalue weighted by molar-refractivity contribution is -0.118. The van der Waals surface area contributed by atoms with Crippen LogP contribution in [-0.4, -0.2) is 17.0 Å². The molecule has 0 aliphatic heterocycles. The number of hydrogen-bond donors (Lipinski definition) is 1. The van der Waals surface area contributed by atoms with Gasteiger partial charge in [-0.1, -0.05) is 36.9 Å². The van der Waals surface area contributed by atoms with Gasteiger partial charge in [0.15, 0.2) is 0 Å². The molecule has 1 rings (SSSR count). The quantitative estimate of drug-likeness (QED) is 0.746. The van der Waals surface area contributed by atoms with Gasteiger partial charge in [0.1, 0.15) is 5.78 Å². The number of aliphatic hydroxyl groups is 1. The highest BCUT2D eigenvalue weighted by Gasteiger charge is 2.11. The van der Waals surface area contributed by atoms with Crippen molar-refractivity contribution in [3.05, 3.63) is 48.0 Å². The third-order valence-electron chi connectivity index (χ3n) is 2.23. The summed E-state index contributed by atoms with van der Waals surface area (Å²) in [7, 11) is 0. The third-order valence-corrected chi connectivity index (χ3v) is 2.23. The van der Waals surface area contributed by atoms with Crippen molar-refractivity contribution in [3.63, 3.8) is 0 Å². The van der Waals surface area contributed by atoms with Crippen LogP contribution in [0.4, 0.5) is 0 Å². The fourth-order valence-electron chi connectivity index (χ4n) is 1.39. The number of carbonyl (C=O) groups excluding carboxylic acids is 1. The third kappa shape index (κ3) is 4.09. The second kappa shape index (κ2) is 5.47. The Labute approximate surface area is 90.3 Å². The molecule has 1 unspecified atom stereocenters. The normalized spacial score (nSPS) is 12.1. The summed E-state index contributed by atoms with van der Waals surface area (Å²) in [5.74, 6) is -0.0169. The molecular formula is C13H16O2. The van der Waals surface area contributed by atoms with Crippen molar-refractivity contribution >= 4 is 5.78 Å². The van der Waals surface area contributed by atoms with Crippen LogP contribution in [-0.2, 0) is 11.2 Å². The molecule has 0 aliphatic carbocycles. The molecule has 0 radical (unpaired) electrons. The highest BCUT2D eigenvalue weighted by molar-refractivity contribution is 5.76. The lowest BCUT2D eigenvalue weighted by Crippen LogP contribution is -2.15. The molecule has 2 heteroatoms. The molecule has 1 atom stereocenters. The average Bonchev–Trinajstić information content (AvgIpc) is 2.18. The van der Waals surface area contributed by atoms with Gasteiger partial charge in [-0.05, 0) is 24.5 Å². The zero-order chi connectivity index (χ0) is 11.3. The molecule has 0 fully saturated rings. The molecule has 15 heavy (non-hydrogen) atoms. The Bertz CT molecular complexity index is 341. The summed E-state index contributed by atoms with van der Waals surface area (Å²) in [6, 6.07) is 9.79. The number of ketones is 1. The van der Waals surface area contributed by atoms with Crippen molar-refractivity contribution in [2.24, 2.45) is 0 Å². The second-order valence-corrected chi connectivity index (χ2v) is 3.74. The Hall–Kier alpha value is -1.41. The molecule has 80 valence electrons. The van der Waals surface area contributed by atoms with E-state index in [-0.39, 0.29) is 12.2 Å². The van der Waals surface area contributed by atoms with Gasteiger partial charge >= 0.3 is 0 Å². The molecule has 0 heterocycles. The van der Waals surface area contributed by atoms with Gasteiger partial charge in [-0.25, -0.2) is 0 Å². The fourth-order valence-corrected chi connectivity index (χ4v) is 1.39. The van der Waals surface area contributed by atoms with Crippen molar-refractivity contribution in [2.45, 2.75) is 25.9 Å². The SMILES string of the molecule is C=C(Cc1ccccc1)C(O)CC(C)=O. The number of hydrogen-bond acceptors (Lipinski definition) is 2. The van der Waals surface area contributed by atoms with Gasteiger partial charge in [-0.15, -0.1) is 0 Å². The fraction of sp³-hybridized carbons (Fsp3) is 0.308. The van der Waals surface area contributed by atoms with Crippen LogP contribution in [0.3, 0.4) is 0 Å². The van der Waals surface area contributed by atoms with Crippen molar-refractivity contribution < 1.29 is 9.90 Å². The maximum atomic E-state index is 10.8. The lowest BCUT2D eigenvalue weighted by Gasteiger charge is -2.12. The van der Waals surface area contributed by atoms with E-state index < -0.39 is 6.10 Å². The number of benzene rings is 1. The molecule has 0 bridgehead atoms. The highest BCUT2D eigenvalue weighted by atomic mass is 16.3. The van der Waals surface area contributed by atoms with E-state index >= 15 is 0 Å². The maximum Gasteiger partial charge on any atom is 0.132 e. The summed E-state index contributed by atoms with van der Waals surface area (Å²) < 4.78 is 0. The van der Waals surface area contributed by atoms with E-state index in [0.29, 0.717) is 12.0 Å². The maximum absolute atomic E-state index is 10.8. The minimum atomic E-state index is -0.720. The van der Waals surface area contributed by atoms with Gasteiger partial charge in [-0.2, -0.15) is 0 Å². The van der Waals surface area contributed by atoms with Crippen molar-refractivity contribution in [2.75, 3.05) is 0 Å². The van der Waals surface area contributed by atoms with E-state index in [1.807, 2.05) is 30.3 Å². The summed E-state index contributed by atoms with van der Waals surface area (Å²) in [5, 5.41) is 9.63. The number of aliphatic hydroxyl groups excluding tert-OH is 1. The van der Waals surface area contributed by atoms with E-state index in [4.69, 9.17) is 0 Å². The van der Waals surface area contributed by atoms with Crippen LogP contribution in [0.2, 0.25) is 0 Å². The van der Waals surface area contributed by atoms with E-state index in [1.54, 1.807) is 0 Å². The smallest absolute Gasteiger partial charge is 0.132 e. The van der Waals surface area contributed by atoms with Gasteiger partial charge in [0, 0.05) is 6.42 Å². The summed E-state index contributed by atoms with van der Waals surface area (Å²) in [6.45, 7) is 5.27. The summed E-state index contributed by atoms with van der Waals surface area (Å²) in [4.78, 5) is 10.8. The Balaban J connectivity index is 2.52. The monoisotopic (exact) mass is 204 g/mol. The molecule has 1 aromatic rings. The van der Waals surface area contributed by atoms with Crippen LogP contribution in [0, 0.1) is 0 Å². The van der Waals surface area contributed by atoms with E-state index in [1.165, 1.54) is 6.92 Å². The predicted molar refractivity (Wildman–Crippen MR) is 60.6 cm³/mol. The lowest BCUT2D eigenvalue weighted by atomic mass is 9.99. The van der Waals surface area contributed by atoms with Crippen molar-refractivity contribution in [1.82, 2.24) is 0 Å². The zero-order valence-corrected chi connectivity index (χ0v) is 8.94. The molecule has 0 spiro atoms. The minimum absolute atomic E-state index is 0.0169. The first-order valence-electron chi connectivity index (χ1n) is 4.98. The van der Waals surface area contributed by atoms with Crippen LogP contribution in [0.25, 0.3) is 0 Å². The van der Waals surface area contributed by atoms with Crippen LogP contribution in [0.1, 0.15) is 18.9 Å². The topological polar surface area (TPSA) is 37.3 Å². The summed E-state index contributed by atoms with van der Waals surface area (Å²) in [5.41, 5.74) is 1.79. The Morgan fingerprint density at radius 1 is 1.40 bits per heavy atom. The molecule has 1 N–H and O–H groups in total. The van der Waals surface area contributed by atoms with E-state index in [0.717, 1.165) is 5.56 Å². The van der Waals surface area contributed by atoms with E-state index in [9.17, 15) is 9.90 Å². The van der Waals surface area contributed by atoms with Gasteiger partial charge in [-0.3, -0.25) is 4.79 Å². The highest BCUT2D eigenvalue weighted by Crippen LogP contribution is 2.12. The molecule has 1 aromatic carbocycles. The van der Waals surface area contributed by atoms with Crippen LogP contribution < -0.4 is 0 Å². The first kappa shape index (κ1) is 11.7. The molecular weight excluding hydrogens is 188 g/mol. The Kier molecular flexibility index (Phi) is 4.25. The average molecular weight is 204 g/mol. The number of Topliss-reactive ketones (excluding diaryl/α,β-unsaturated/α-hetero) is 1. The zero-order valence-electron chi connectivity index (χ0n) is 8.94. The molecule has 2 nitrogen and oxygen atoms in total. The number of carbonyl (C=O) groups is 1. The van der Waals surface area contributed by atoms with Gasteiger partial charge in [0.05, 0.1) is 6.10 Å². The Morgan fingerprint density at radius 3 is 2.53 bits per heavy atom. The Morgan fingerprint density at radius 2 is 2.00 bits per heavy atom. The molecule has 0 amide bonds. The second-order valence-electron chi connectivity index (χ2n) is 3.74. The largest absolute Gasteiger partial charge is 0.388 e. The van der Waals surface area contributed by atoms with Crippen LogP contribution >= 0.6 is 0 Å². The van der Waals surface area contributed by atoms with Crippen LogP contribution in [0.15, 0.2) is 42.5 Å².